The molecule has 1 atom stereocenters. The Bertz CT molecular complexity index is 429. The third-order valence-corrected chi connectivity index (χ3v) is 3.20. The number of carbonyl (C=O) groups is 1. The Kier molecular flexibility index (Phi) is 5.55. The zero-order valence-electron chi connectivity index (χ0n) is 12.5. The number of hydrogen-bond donors (Lipinski definition) is 2. The Balaban J connectivity index is 2.63. The van der Waals surface area contributed by atoms with E-state index >= 15 is 0 Å². The van der Waals surface area contributed by atoms with Crippen LogP contribution in [0.25, 0.3) is 0 Å². The molecule has 0 radical (unpaired) electrons. The van der Waals surface area contributed by atoms with Crippen molar-refractivity contribution in [2.45, 2.75) is 46.1 Å². The van der Waals surface area contributed by atoms with Crippen LogP contribution in [0.15, 0.2) is 24.3 Å². The van der Waals surface area contributed by atoms with Crippen molar-refractivity contribution in [2.24, 2.45) is 11.7 Å². The Hall–Kier alpha value is -1.35. The summed E-state index contributed by atoms with van der Waals surface area (Å²) in [4.78, 5) is 12.1. The highest BCUT2D eigenvalue weighted by atomic mass is 16.1. The topological polar surface area (TPSA) is 55.1 Å². The molecule has 19 heavy (non-hydrogen) atoms. The van der Waals surface area contributed by atoms with Gasteiger partial charge < -0.3 is 11.1 Å². The van der Waals surface area contributed by atoms with Crippen LogP contribution in [0, 0.1) is 12.8 Å². The average molecular weight is 262 g/mol. The molecular weight excluding hydrogens is 236 g/mol. The minimum atomic E-state index is -0.310. The number of carbonyl (C=O) groups excluding carboxylic acids is 1. The molecule has 1 aromatic rings. The van der Waals surface area contributed by atoms with Crippen molar-refractivity contribution in [3.05, 3.63) is 35.4 Å². The van der Waals surface area contributed by atoms with Gasteiger partial charge in [0.2, 0.25) is 5.91 Å². The van der Waals surface area contributed by atoms with Gasteiger partial charge >= 0.3 is 0 Å². The van der Waals surface area contributed by atoms with Crippen LogP contribution >= 0.6 is 0 Å². The van der Waals surface area contributed by atoms with E-state index in [1.54, 1.807) is 0 Å². The molecule has 1 unspecified atom stereocenters. The van der Waals surface area contributed by atoms with Gasteiger partial charge in [0.25, 0.3) is 0 Å². The van der Waals surface area contributed by atoms with Gasteiger partial charge in [-0.3, -0.25) is 4.79 Å². The Labute approximate surface area is 116 Å². The molecule has 0 fully saturated rings. The van der Waals surface area contributed by atoms with E-state index in [-0.39, 0.29) is 11.4 Å². The summed E-state index contributed by atoms with van der Waals surface area (Å²) in [7, 11) is 0. The lowest BCUT2D eigenvalue weighted by atomic mass is 9.90. The first-order chi connectivity index (χ1) is 8.84. The summed E-state index contributed by atoms with van der Waals surface area (Å²) in [6, 6.07) is 8.04. The highest BCUT2D eigenvalue weighted by molar-refractivity contribution is 5.79. The first kappa shape index (κ1) is 15.7. The van der Waals surface area contributed by atoms with Crippen LogP contribution in [0.4, 0.5) is 0 Å². The van der Waals surface area contributed by atoms with E-state index in [1.807, 2.05) is 38.1 Å². The molecule has 0 aliphatic rings. The molecule has 0 aliphatic carbocycles. The van der Waals surface area contributed by atoms with E-state index in [2.05, 4.69) is 19.2 Å². The van der Waals surface area contributed by atoms with Gasteiger partial charge in [-0.15, -0.1) is 0 Å². The molecule has 3 heteroatoms. The van der Waals surface area contributed by atoms with Gasteiger partial charge in [0.1, 0.15) is 0 Å². The second-order valence-electron chi connectivity index (χ2n) is 6.08. The number of aryl methyl sites for hydroxylation is 1. The third kappa shape index (κ3) is 5.43. The van der Waals surface area contributed by atoms with Crippen LogP contribution in [0.3, 0.4) is 0 Å². The summed E-state index contributed by atoms with van der Waals surface area (Å²) in [5.41, 5.74) is 7.71. The van der Waals surface area contributed by atoms with Crippen molar-refractivity contribution in [1.29, 1.82) is 0 Å². The fourth-order valence-corrected chi connectivity index (χ4v) is 2.47. The average Bonchev–Trinajstić information content (AvgIpc) is 2.27. The minimum Gasteiger partial charge on any atom is -0.349 e. The van der Waals surface area contributed by atoms with Gasteiger partial charge in [-0.05, 0) is 31.7 Å². The largest absolute Gasteiger partial charge is 0.349 e. The highest BCUT2D eigenvalue weighted by Gasteiger charge is 2.25. The third-order valence-electron chi connectivity index (χ3n) is 3.20. The van der Waals surface area contributed by atoms with E-state index in [0.717, 1.165) is 12.0 Å². The number of rotatable bonds is 6. The molecule has 1 rings (SSSR count). The maximum Gasteiger partial charge on any atom is 0.224 e. The quantitative estimate of drug-likeness (QED) is 0.827. The predicted molar refractivity (Wildman–Crippen MR) is 79.9 cm³/mol. The maximum absolute atomic E-state index is 12.1. The number of hydrogen-bond acceptors (Lipinski definition) is 2. The summed E-state index contributed by atoms with van der Waals surface area (Å²) in [6.07, 6.45) is 1.30. The van der Waals surface area contributed by atoms with Gasteiger partial charge in [0.15, 0.2) is 0 Å². The fraction of sp³-hybridized carbons (Fsp3) is 0.562. The number of amides is 1. The first-order valence-electron chi connectivity index (χ1n) is 6.91. The molecule has 0 bridgehead atoms. The van der Waals surface area contributed by atoms with E-state index in [4.69, 9.17) is 5.73 Å². The van der Waals surface area contributed by atoms with Crippen molar-refractivity contribution >= 4 is 5.91 Å². The molecule has 0 saturated carbocycles. The molecule has 0 aliphatic heterocycles. The molecule has 106 valence electrons. The Morgan fingerprint density at radius 1 is 1.42 bits per heavy atom. The number of nitrogens with one attached hydrogen (secondary N) is 1. The van der Waals surface area contributed by atoms with Crippen molar-refractivity contribution in [3.8, 4) is 0 Å². The van der Waals surface area contributed by atoms with Crippen LogP contribution in [-0.2, 0) is 11.2 Å². The highest BCUT2D eigenvalue weighted by Crippen LogP contribution is 2.15. The van der Waals surface area contributed by atoms with Gasteiger partial charge in [-0.25, -0.2) is 0 Å². The molecular formula is C16H26N2O. The molecule has 3 nitrogen and oxygen atoms in total. The second-order valence-corrected chi connectivity index (χ2v) is 6.08. The lowest BCUT2D eigenvalue weighted by Crippen LogP contribution is -2.52. The van der Waals surface area contributed by atoms with Gasteiger partial charge in [0, 0.05) is 12.1 Å². The summed E-state index contributed by atoms with van der Waals surface area (Å²) < 4.78 is 0. The smallest absolute Gasteiger partial charge is 0.224 e. The predicted octanol–water partition coefficient (Wildman–Crippen LogP) is 2.42. The molecule has 1 amide bonds. The molecule has 3 N–H and O–H groups in total. The lowest BCUT2D eigenvalue weighted by Gasteiger charge is -2.31. The number of nitrogens with two attached hydrogens (primary N) is 1. The lowest BCUT2D eigenvalue weighted by molar-refractivity contribution is -0.122. The van der Waals surface area contributed by atoms with Crippen molar-refractivity contribution in [2.75, 3.05) is 6.54 Å². The molecule has 0 aromatic heterocycles. The van der Waals surface area contributed by atoms with E-state index in [0.29, 0.717) is 18.9 Å². The Morgan fingerprint density at radius 2 is 2.11 bits per heavy atom. The zero-order chi connectivity index (χ0) is 14.5. The summed E-state index contributed by atoms with van der Waals surface area (Å²) >= 11 is 0. The van der Waals surface area contributed by atoms with Crippen molar-refractivity contribution in [1.82, 2.24) is 5.32 Å². The van der Waals surface area contributed by atoms with Gasteiger partial charge in [0.05, 0.1) is 6.42 Å². The summed E-state index contributed by atoms with van der Waals surface area (Å²) in [5, 5.41) is 3.08. The van der Waals surface area contributed by atoms with Crippen molar-refractivity contribution < 1.29 is 4.79 Å². The zero-order valence-corrected chi connectivity index (χ0v) is 12.5. The molecule has 0 spiro atoms. The standard InChI is InChI=1S/C16H26N2O/c1-12(2)10-16(4,11-17)18-15(19)9-14-7-5-6-13(3)8-14/h5-8,12H,9-11,17H2,1-4H3,(H,18,19). The summed E-state index contributed by atoms with van der Waals surface area (Å²) in [6.45, 7) is 8.79. The Morgan fingerprint density at radius 3 is 2.63 bits per heavy atom. The van der Waals surface area contributed by atoms with E-state index < -0.39 is 0 Å². The second kappa shape index (κ2) is 6.71. The van der Waals surface area contributed by atoms with Crippen LogP contribution in [0.5, 0.6) is 0 Å². The van der Waals surface area contributed by atoms with E-state index in [1.165, 1.54) is 5.56 Å². The fourth-order valence-electron chi connectivity index (χ4n) is 2.47. The molecule has 0 saturated heterocycles. The van der Waals surface area contributed by atoms with Crippen LogP contribution in [-0.4, -0.2) is 18.0 Å². The normalized spacial score (nSPS) is 14.2. The molecule has 1 aromatic carbocycles. The van der Waals surface area contributed by atoms with Crippen LogP contribution in [0.1, 0.15) is 38.3 Å². The number of benzene rings is 1. The SMILES string of the molecule is Cc1cccc(CC(=O)NC(C)(CN)CC(C)C)c1. The maximum atomic E-state index is 12.1. The minimum absolute atomic E-state index is 0.0409. The van der Waals surface area contributed by atoms with Crippen molar-refractivity contribution in [3.63, 3.8) is 0 Å². The van der Waals surface area contributed by atoms with Gasteiger partial charge in [-0.1, -0.05) is 43.7 Å². The monoisotopic (exact) mass is 262 g/mol. The van der Waals surface area contributed by atoms with Crippen LogP contribution < -0.4 is 11.1 Å². The summed E-state index contributed by atoms with van der Waals surface area (Å²) in [5.74, 6) is 0.548. The molecule has 0 heterocycles. The van der Waals surface area contributed by atoms with Crippen LogP contribution in [0.2, 0.25) is 0 Å². The first-order valence-corrected chi connectivity index (χ1v) is 6.91. The van der Waals surface area contributed by atoms with Gasteiger partial charge in [-0.2, -0.15) is 0 Å². The van der Waals surface area contributed by atoms with E-state index in [9.17, 15) is 4.79 Å².